The van der Waals surface area contributed by atoms with Crippen LogP contribution in [0.1, 0.15) is 50.3 Å². The third-order valence-electron chi connectivity index (χ3n) is 8.77. The van der Waals surface area contributed by atoms with Crippen LogP contribution in [0.4, 0.5) is 0 Å². The Morgan fingerprint density at radius 3 is 1.69 bits per heavy atom. The van der Waals surface area contributed by atoms with E-state index in [4.69, 9.17) is 23.4 Å². The Hall–Kier alpha value is -3.77. The molecule has 0 unspecified atom stereocenters. The van der Waals surface area contributed by atoms with Crippen molar-refractivity contribution < 1.29 is 28.2 Å². The highest BCUT2D eigenvalue weighted by atomic mass is 28.4. The molecule has 0 bridgehead atoms. The predicted molar refractivity (Wildman–Crippen MR) is 195 cm³/mol. The maximum Gasteiger partial charge on any atom is 0.384 e. The number of carbonyl (C=O) groups excluding carboxylic acids is 1. The zero-order valence-electron chi connectivity index (χ0n) is 29.1. The summed E-state index contributed by atoms with van der Waals surface area (Å²) in [7, 11) is -1.07. The Morgan fingerprint density at radius 2 is 1.25 bits per heavy atom. The summed E-state index contributed by atoms with van der Waals surface area (Å²) in [5.41, 5.74) is 1.72. The average Bonchev–Trinajstić information content (AvgIpc) is 3.15. The third-order valence-corrected chi connectivity index (χ3v) is 13.4. The van der Waals surface area contributed by atoms with Gasteiger partial charge >= 0.3 is 5.97 Å². The van der Waals surface area contributed by atoms with Gasteiger partial charge < -0.3 is 23.4 Å². The summed E-state index contributed by atoms with van der Waals surface area (Å²) in [6.07, 6.45) is 2.42. The highest BCUT2D eigenvalue weighted by molar-refractivity contribution is 6.73. The number of methoxy groups -OCH3 is 1. The summed E-state index contributed by atoms with van der Waals surface area (Å²) in [6, 6.07) is 32.5. The van der Waals surface area contributed by atoms with Gasteiger partial charge in [0.15, 0.2) is 8.32 Å². The van der Waals surface area contributed by atoms with Crippen molar-refractivity contribution in [3.63, 3.8) is 0 Å². The van der Waals surface area contributed by atoms with Gasteiger partial charge in [0.05, 0.1) is 26.9 Å². The molecule has 48 heavy (non-hydrogen) atoms. The summed E-state index contributed by atoms with van der Waals surface area (Å²) < 4.78 is 32.9. The summed E-state index contributed by atoms with van der Waals surface area (Å²) in [6.45, 7) is 15.6. The van der Waals surface area contributed by atoms with Crippen LogP contribution in [-0.4, -0.2) is 45.3 Å². The van der Waals surface area contributed by atoms with Gasteiger partial charge in [-0.2, -0.15) is 0 Å². The molecule has 3 rings (SSSR count). The van der Waals surface area contributed by atoms with E-state index in [2.05, 4.69) is 45.8 Å². The molecule has 0 saturated heterocycles. The summed E-state index contributed by atoms with van der Waals surface area (Å²) >= 11 is 0. The second-order valence-electron chi connectivity index (χ2n) is 11.8. The maximum atomic E-state index is 12.7. The largest absolute Gasteiger partial charge is 0.459 e. The second kappa shape index (κ2) is 20.6. The molecular formula is C41H52O6Si. The van der Waals surface area contributed by atoms with Crippen molar-refractivity contribution in [3.05, 3.63) is 133 Å². The summed E-state index contributed by atoms with van der Waals surface area (Å²) in [5.74, 6) is 5.39. The Bertz CT molecular complexity index is 1420. The van der Waals surface area contributed by atoms with Crippen molar-refractivity contribution in [2.45, 2.75) is 95.5 Å². The molecule has 256 valence electrons. The van der Waals surface area contributed by atoms with E-state index in [-0.39, 0.29) is 13.2 Å². The van der Waals surface area contributed by atoms with Crippen LogP contribution < -0.4 is 0 Å². The third kappa shape index (κ3) is 11.4. The Balaban J connectivity index is 2.26. The Labute approximate surface area is 289 Å². The first-order chi connectivity index (χ1) is 23.4. The SMILES string of the molecule is C=CCC[C@@](C#CC(=O)OC)(O[Si](CC)(CC)CC)[C@H](OCc1ccccc1)[C@@H](OCc1ccccc1)[C@@H](C=C)OCc1ccccc1. The van der Waals surface area contributed by atoms with Crippen molar-refractivity contribution in [1.82, 2.24) is 0 Å². The minimum absolute atomic E-state index is 0.261. The van der Waals surface area contributed by atoms with Gasteiger partial charge in [0, 0.05) is 5.92 Å². The highest BCUT2D eigenvalue weighted by Gasteiger charge is 2.51. The summed E-state index contributed by atoms with van der Waals surface area (Å²) in [4.78, 5) is 12.7. The monoisotopic (exact) mass is 668 g/mol. The van der Waals surface area contributed by atoms with Crippen LogP contribution in [0.5, 0.6) is 0 Å². The Morgan fingerprint density at radius 1 is 0.771 bits per heavy atom. The van der Waals surface area contributed by atoms with Crippen molar-refractivity contribution >= 4 is 14.3 Å². The molecule has 0 N–H and O–H groups in total. The number of hydrogen-bond donors (Lipinski definition) is 0. The molecule has 3 aromatic rings. The topological polar surface area (TPSA) is 63.2 Å². The number of hydrogen-bond acceptors (Lipinski definition) is 6. The van der Waals surface area contributed by atoms with Crippen molar-refractivity contribution in [2.75, 3.05) is 7.11 Å². The summed E-state index contributed by atoms with van der Waals surface area (Å²) in [5, 5.41) is 0. The minimum Gasteiger partial charge on any atom is -0.459 e. The Kier molecular flexibility index (Phi) is 16.6. The maximum absolute atomic E-state index is 12.7. The molecule has 0 heterocycles. The van der Waals surface area contributed by atoms with E-state index in [9.17, 15) is 4.79 Å². The molecule has 0 aliphatic carbocycles. The molecule has 4 atom stereocenters. The quantitative estimate of drug-likeness (QED) is 0.0372. The molecule has 0 amide bonds. The van der Waals surface area contributed by atoms with E-state index in [1.165, 1.54) is 7.11 Å². The van der Waals surface area contributed by atoms with Crippen LogP contribution in [0, 0.1) is 11.8 Å². The fourth-order valence-corrected chi connectivity index (χ4v) is 8.70. The van der Waals surface area contributed by atoms with Gasteiger partial charge in [0.1, 0.15) is 23.9 Å². The van der Waals surface area contributed by atoms with Gasteiger partial charge in [0.2, 0.25) is 0 Å². The zero-order chi connectivity index (χ0) is 34.7. The van der Waals surface area contributed by atoms with Gasteiger partial charge in [-0.1, -0.05) is 130 Å². The van der Waals surface area contributed by atoms with Gasteiger partial charge in [-0.15, -0.1) is 13.2 Å². The molecule has 0 saturated carbocycles. The van der Waals surface area contributed by atoms with Crippen molar-refractivity contribution in [2.24, 2.45) is 0 Å². The van der Waals surface area contributed by atoms with E-state index < -0.39 is 38.2 Å². The second-order valence-corrected chi connectivity index (χ2v) is 16.5. The lowest BCUT2D eigenvalue weighted by atomic mass is 9.85. The van der Waals surface area contributed by atoms with Crippen LogP contribution in [-0.2, 0) is 48.0 Å². The van der Waals surface area contributed by atoms with E-state index in [1.54, 1.807) is 6.08 Å². The van der Waals surface area contributed by atoms with Crippen LogP contribution in [0.25, 0.3) is 0 Å². The number of esters is 1. The average molecular weight is 669 g/mol. The van der Waals surface area contributed by atoms with E-state index in [0.717, 1.165) is 34.8 Å². The van der Waals surface area contributed by atoms with Crippen LogP contribution in [0.2, 0.25) is 18.1 Å². The van der Waals surface area contributed by atoms with Gasteiger partial charge in [-0.05, 0) is 47.7 Å². The number of carbonyl (C=O) groups is 1. The van der Waals surface area contributed by atoms with E-state index in [0.29, 0.717) is 19.4 Å². The molecule has 0 fully saturated rings. The van der Waals surface area contributed by atoms with E-state index in [1.807, 2.05) is 97.1 Å². The molecule has 6 nitrogen and oxygen atoms in total. The lowest BCUT2D eigenvalue weighted by molar-refractivity contribution is -0.184. The smallest absolute Gasteiger partial charge is 0.384 e. The first kappa shape index (κ1) is 38.7. The first-order valence-corrected chi connectivity index (χ1v) is 19.4. The number of benzene rings is 3. The van der Waals surface area contributed by atoms with Gasteiger partial charge in [-0.25, -0.2) is 4.79 Å². The minimum atomic E-state index is -2.40. The lowest BCUT2D eigenvalue weighted by Crippen LogP contribution is -2.60. The fraction of sp³-hybridized carbons (Fsp3) is 0.390. The number of allylic oxidation sites excluding steroid dienone is 1. The molecule has 3 aromatic carbocycles. The molecule has 0 aromatic heterocycles. The standard InChI is InChI=1S/C41H52O6Si/c1-7-12-29-41(30-28-38(42)43-6,47-48(9-3,10-4)11-5)40(46-33-36-26-20-15-21-27-36)39(45-32-35-24-18-14-19-25-35)37(8-2)44-31-34-22-16-13-17-23-34/h7-8,13-27,37,39-40H,1-2,9-12,29,31-33H2,3-6H3/t37-,39+,40-,41+/m1/s1. The zero-order valence-corrected chi connectivity index (χ0v) is 30.1. The molecule has 0 aliphatic heterocycles. The lowest BCUT2D eigenvalue weighted by Gasteiger charge is -2.47. The van der Waals surface area contributed by atoms with Crippen LogP contribution in [0.15, 0.2) is 116 Å². The van der Waals surface area contributed by atoms with Crippen molar-refractivity contribution in [3.8, 4) is 11.8 Å². The first-order valence-electron chi connectivity index (χ1n) is 16.9. The van der Waals surface area contributed by atoms with Crippen molar-refractivity contribution in [1.29, 1.82) is 0 Å². The van der Waals surface area contributed by atoms with Gasteiger partial charge in [0.25, 0.3) is 0 Å². The van der Waals surface area contributed by atoms with Gasteiger partial charge in [-0.3, -0.25) is 0 Å². The molecule has 7 heteroatoms. The molecule has 0 radical (unpaired) electrons. The van der Waals surface area contributed by atoms with Crippen LogP contribution >= 0.6 is 0 Å². The molecule has 0 spiro atoms. The number of rotatable bonds is 21. The highest BCUT2D eigenvalue weighted by Crippen LogP contribution is 2.38. The van der Waals surface area contributed by atoms with Crippen LogP contribution in [0.3, 0.4) is 0 Å². The van der Waals surface area contributed by atoms with E-state index >= 15 is 0 Å². The fourth-order valence-electron chi connectivity index (χ4n) is 5.73. The normalized spacial score (nSPS) is 14.4. The predicted octanol–water partition coefficient (Wildman–Crippen LogP) is 8.83. The number of ether oxygens (including phenoxy) is 4. The molecular weight excluding hydrogens is 617 g/mol. The molecule has 0 aliphatic rings.